The van der Waals surface area contributed by atoms with Crippen LogP contribution >= 0.6 is 0 Å². The van der Waals surface area contributed by atoms with Crippen LogP contribution in [0.4, 0.5) is 0 Å². The molecule has 2 rings (SSSR count). The van der Waals surface area contributed by atoms with E-state index in [4.69, 9.17) is 9.47 Å². The highest BCUT2D eigenvalue weighted by Gasteiger charge is 2.16. The minimum absolute atomic E-state index is 0.146. The van der Waals surface area contributed by atoms with Crippen LogP contribution in [0, 0.1) is 13.8 Å². The minimum atomic E-state index is -0.559. The van der Waals surface area contributed by atoms with E-state index in [0.717, 1.165) is 28.2 Å². The molecule has 0 radical (unpaired) electrons. The number of amides is 1. The summed E-state index contributed by atoms with van der Waals surface area (Å²) in [7, 11) is 0. The summed E-state index contributed by atoms with van der Waals surface area (Å²) >= 11 is 0. The van der Waals surface area contributed by atoms with Crippen LogP contribution in [0.2, 0.25) is 0 Å². The van der Waals surface area contributed by atoms with Crippen LogP contribution in [-0.2, 0) is 4.79 Å². The van der Waals surface area contributed by atoms with Gasteiger partial charge in [-0.15, -0.1) is 0 Å². The summed E-state index contributed by atoms with van der Waals surface area (Å²) in [6, 6.07) is 13.9. The zero-order valence-electron chi connectivity index (χ0n) is 16.3. The molecule has 1 N–H and O–H groups in total. The van der Waals surface area contributed by atoms with Crippen LogP contribution in [0.15, 0.2) is 42.5 Å². The highest BCUT2D eigenvalue weighted by atomic mass is 16.5. The minimum Gasteiger partial charge on any atom is -0.492 e. The molecule has 0 saturated carbocycles. The molecule has 0 aromatic heterocycles. The molecule has 1 amide bonds. The van der Waals surface area contributed by atoms with E-state index in [1.165, 1.54) is 0 Å². The SMILES string of the molecule is Cc1cc(C)cc(OCCNC(=O)[C@@H](C)Oc2ccccc2C(C)C)c1. The molecule has 0 fully saturated rings. The number of carbonyl (C=O) groups is 1. The maximum atomic E-state index is 12.3. The van der Waals surface area contributed by atoms with E-state index >= 15 is 0 Å². The van der Waals surface area contributed by atoms with Gasteiger partial charge >= 0.3 is 0 Å². The van der Waals surface area contributed by atoms with E-state index in [1.54, 1.807) is 6.92 Å². The molecule has 0 aliphatic rings. The van der Waals surface area contributed by atoms with Crippen LogP contribution < -0.4 is 14.8 Å². The Morgan fingerprint density at radius 2 is 1.69 bits per heavy atom. The number of hydrogen-bond donors (Lipinski definition) is 1. The summed E-state index contributed by atoms with van der Waals surface area (Å²) < 4.78 is 11.6. The maximum absolute atomic E-state index is 12.3. The smallest absolute Gasteiger partial charge is 0.260 e. The molecule has 0 spiro atoms. The second kappa shape index (κ2) is 9.27. The van der Waals surface area contributed by atoms with E-state index in [9.17, 15) is 4.79 Å². The Hall–Kier alpha value is -2.49. The van der Waals surface area contributed by atoms with Crippen molar-refractivity contribution in [1.82, 2.24) is 5.32 Å². The number of nitrogens with one attached hydrogen (secondary N) is 1. The zero-order chi connectivity index (χ0) is 19.1. The average Bonchev–Trinajstić information content (AvgIpc) is 2.58. The lowest BCUT2D eigenvalue weighted by Gasteiger charge is -2.18. The van der Waals surface area contributed by atoms with Gasteiger partial charge in [0.2, 0.25) is 0 Å². The fourth-order valence-corrected chi connectivity index (χ4v) is 2.81. The Labute approximate surface area is 156 Å². The summed E-state index contributed by atoms with van der Waals surface area (Å²) in [5.41, 5.74) is 3.43. The average molecular weight is 355 g/mol. The molecule has 2 aromatic carbocycles. The molecule has 4 heteroatoms. The number of ether oxygens (including phenoxy) is 2. The van der Waals surface area contributed by atoms with Gasteiger partial charge in [-0.25, -0.2) is 0 Å². The van der Waals surface area contributed by atoms with Crippen molar-refractivity contribution in [3.63, 3.8) is 0 Å². The van der Waals surface area contributed by atoms with Gasteiger partial charge in [-0.1, -0.05) is 38.1 Å². The first kappa shape index (κ1) is 19.8. The molecule has 4 nitrogen and oxygen atoms in total. The van der Waals surface area contributed by atoms with Crippen molar-refractivity contribution < 1.29 is 14.3 Å². The Morgan fingerprint density at radius 3 is 2.35 bits per heavy atom. The van der Waals surface area contributed by atoms with Crippen LogP contribution in [0.3, 0.4) is 0 Å². The summed E-state index contributed by atoms with van der Waals surface area (Å²) in [6.45, 7) is 10.9. The number of rotatable bonds is 8. The molecule has 0 saturated heterocycles. The van der Waals surface area contributed by atoms with E-state index in [0.29, 0.717) is 19.1 Å². The van der Waals surface area contributed by atoms with Gasteiger partial charge in [0, 0.05) is 0 Å². The van der Waals surface area contributed by atoms with Crippen molar-refractivity contribution >= 4 is 5.91 Å². The van der Waals surface area contributed by atoms with Gasteiger partial charge in [0.1, 0.15) is 18.1 Å². The molecule has 0 heterocycles. The monoisotopic (exact) mass is 355 g/mol. The topological polar surface area (TPSA) is 47.6 Å². The van der Waals surface area contributed by atoms with E-state index in [1.807, 2.05) is 50.2 Å². The highest BCUT2D eigenvalue weighted by molar-refractivity contribution is 5.80. The van der Waals surface area contributed by atoms with Crippen LogP contribution in [0.5, 0.6) is 11.5 Å². The van der Waals surface area contributed by atoms with E-state index in [2.05, 4.69) is 25.2 Å². The van der Waals surface area contributed by atoms with Crippen molar-refractivity contribution in [2.24, 2.45) is 0 Å². The normalized spacial score (nSPS) is 11.9. The van der Waals surface area contributed by atoms with Crippen LogP contribution in [0.25, 0.3) is 0 Å². The van der Waals surface area contributed by atoms with Crippen molar-refractivity contribution in [3.05, 3.63) is 59.2 Å². The summed E-state index contributed by atoms with van der Waals surface area (Å²) in [5, 5.41) is 2.86. The largest absolute Gasteiger partial charge is 0.492 e. The number of para-hydroxylation sites is 1. The second-order valence-corrected chi connectivity index (χ2v) is 6.92. The van der Waals surface area contributed by atoms with Crippen molar-refractivity contribution in [2.75, 3.05) is 13.2 Å². The number of aryl methyl sites for hydroxylation is 2. The Morgan fingerprint density at radius 1 is 1.04 bits per heavy atom. The first-order valence-electron chi connectivity index (χ1n) is 9.11. The van der Waals surface area contributed by atoms with E-state index < -0.39 is 6.10 Å². The number of carbonyl (C=O) groups excluding carboxylic acids is 1. The Balaban J connectivity index is 1.80. The van der Waals surface area contributed by atoms with Crippen molar-refractivity contribution in [1.29, 1.82) is 0 Å². The van der Waals surface area contributed by atoms with Gasteiger partial charge < -0.3 is 14.8 Å². The lowest BCUT2D eigenvalue weighted by Crippen LogP contribution is -2.38. The van der Waals surface area contributed by atoms with Gasteiger partial charge in [-0.2, -0.15) is 0 Å². The second-order valence-electron chi connectivity index (χ2n) is 6.92. The third-order valence-corrected chi connectivity index (χ3v) is 4.08. The third kappa shape index (κ3) is 5.80. The standard InChI is InChI=1S/C22H29NO3/c1-15(2)20-8-6-7-9-21(20)26-18(5)22(24)23-10-11-25-19-13-16(3)12-17(4)14-19/h6-9,12-15,18H,10-11H2,1-5H3,(H,23,24)/t18-/m1/s1. The number of benzene rings is 2. The fraction of sp³-hybridized carbons (Fsp3) is 0.409. The molecule has 140 valence electrons. The number of hydrogen-bond acceptors (Lipinski definition) is 3. The first-order chi connectivity index (χ1) is 12.4. The quantitative estimate of drug-likeness (QED) is 0.715. The van der Waals surface area contributed by atoms with Crippen molar-refractivity contribution in [3.8, 4) is 11.5 Å². The zero-order valence-corrected chi connectivity index (χ0v) is 16.3. The lowest BCUT2D eigenvalue weighted by atomic mass is 10.0. The highest BCUT2D eigenvalue weighted by Crippen LogP contribution is 2.26. The van der Waals surface area contributed by atoms with Gasteiger partial charge in [-0.05, 0) is 61.6 Å². The van der Waals surface area contributed by atoms with Crippen molar-refractivity contribution in [2.45, 2.75) is 46.6 Å². The Bertz CT molecular complexity index is 720. The Kier molecular flexibility index (Phi) is 7.07. The molecule has 0 bridgehead atoms. The molecule has 26 heavy (non-hydrogen) atoms. The molecular weight excluding hydrogens is 326 g/mol. The lowest BCUT2D eigenvalue weighted by molar-refractivity contribution is -0.127. The predicted molar refractivity (Wildman–Crippen MR) is 105 cm³/mol. The van der Waals surface area contributed by atoms with Gasteiger partial charge in [0.15, 0.2) is 6.10 Å². The third-order valence-electron chi connectivity index (χ3n) is 4.08. The van der Waals surface area contributed by atoms with Crippen LogP contribution in [0.1, 0.15) is 43.4 Å². The summed E-state index contributed by atoms with van der Waals surface area (Å²) in [5.74, 6) is 1.78. The molecule has 0 unspecified atom stereocenters. The maximum Gasteiger partial charge on any atom is 0.260 e. The molecule has 0 aliphatic heterocycles. The van der Waals surface area contributed by atoms with Gasteiger partial charge in [-0.3, -0.25) is 4.79 Å². The first-order valence-corrected chi connectivity index (χ1v) is 9.11. The summed E-state index contributed by atoms with van der Waals surface area (Å²) in [6.07, 6.45) is -0.559. The van der Waals surface area contributed by atoms with Gasteiger partial charge in [0.05, 0.1) is 6.54 Å². The molecular formula is C22H29NO3. The fourth-order valence-electron chi connectivity index (χ4n) is 2.81. The van der Waals surface area contributed by atoms with E-state index in [-0.39, 0.29) is 5.91 Å². The summed E-state index contributed by atoms with van der Waals surface area (Å²) in [4.78, 5) is 12.3. The molecule has 1 atom stereocenters. The predicted octanol–water partition coefficient (Wildman–Crippen LogP) is 4.39. The molecule has 2 aromatic rings. The van der Waals surface area contributed by atoms with Gasteiger partial charge in [0.25, 0.3) is 5.91 Å². The van der Waals surface area contributed by atoms with Crippen LogP contribution in [-0.4, -0.2) is 25.2 Å². The molecule has 0 aliphatic carbocycles.